The highest BCUT2D eigenvalue weighted by Gasteiger charge is 2.46. The molecule has 1 saturated heterocycles. The van der Waals surface area contributed by atoms with Crippen molar-refractivity contribution in [1.29, 1.82) is 0 Å². The first-order chi connectivity index (χ1) is 6.42. The number of rotatable bonds is 3. The van der Waals surface area contributed by atoms with Crippen molar-refractivity contribution in [2.45, 2.75) is 51.2 Å². The Morgan fingerprint density at radius 3 is 2.50 bits per heavy atom. The molecule has 1 atom stereocenters. The van der Waals surface area contributed by atoms with Gasteiger partial charge in [0.05, 0.1) is 11.1 Å². The van der Waals surface area contributed by atoms with E-state index >= 15 is 0 Å². The number of ether oxygens (including phenoxy) is 1. The SMILES string of the molecule is CCNC1(C(F)F)CCOC(C)(C)C1. The minimum atomic E-state index is -2.33. The molecule has 0 aliphatic carbocycles. The summed E-state index contributed by atoms with van der Waals surface area (Å²) in [7, 11) is 0. The predicted octanol–water partition coefficient (Wildman–Crippen LogP) is 2.19. The van der Waals surface area contributed by atoms with Crippen molar-refractivity contribution >= 4 is 0 Å². The zero-order valence-corrected chi connectivity index (χ0v) is 9.07. The molecule has 2 nitrogen and oxygen atoms in total. The fourth-order valence-electron chi connectivity index (χ4n) is 2.17. The quantitative estimate of drug-likeness (QED) is 0.766. The van der Waals surface area contributed by atoms with Crippen LogP contribution in [0.1, 0.15) is 33.6 Å². The van der Waals surface area contributed by atoms with Crippen molar-refractivity contribution < 1.29 is 13.5 Å². The molecule has 1 heterocycles. The van der Waals surface area contributed by atoms with Gasteiger partial charge in [-0.15, -0.1) is 0 Å². The number of hydrogen-bond donors (Lipinski definition) is 1. The van der Waals surface area contributed by atoms with Crippen molar-refractivity contribution in [2.24, 2.45) is 0 Å². The van der Waals surface area contributed by atoms with Crippen LogP contribution in [0, 0.1) is 0 Å². The highest BCUT2D eigenvalue weighted by atomic mass is 19.3. The largest absolute Gasteiger partial charge is 0.375 e. The van der Waals surface area contributed by atoms with E-state index in [1.807, 2.05) is 20.8 Å². The molecule has 0 aromatic heterocycles. The summed E-state index contributed by atoms with van der Waals surface area (Å²) in [6.45, 7) is 6.55. The van der Waals surface area contributed by atoms with Gasteiger partial charge in [0.25, 0.3) is 6.43 Å². The van der Waals surface area contributed by atoms with Gasteiger partial charge in [-0.05, 0) is 33.2 Å². The van der Waals surface area contributed by atoms with Gasteiger partial charge in [0.2, 0.25) is 0 Å². The van der Waals surface area contributed by atoms with Crippen LogP contribution in [0.5, 0.6) is 0 Å². The van der Waals surface area contributed by atoms with Crippen LogP contribution in [0.2, 0.25) is 0 Å². The molecular weight excluding hydrogens is 188 g/mol. The molecule has 1 aliphatic rings. The predicted molar refractivity (Wildman–Crippen MR) is 51.7 cm³/mol. The van der Waals surface area contributed by atoms with E-state index in [4.69, 9.17) is 4.74 Å². The molecule has 0 bridgehead atoms. The van der Waals surface area contributed by atoms with E-state index in [1.165, 1.54) is 0 Å². The molecule has 1 rings (SSSR count). The van der Waals surface area contributed by atoms with Gasteiger partial charge < -0.3 is 10.1 Å². The van der Waals surface area contributed by atoms with Crippen molar-refractivity contribution in [3.63, 3.8) is 0 Å². The Morgan fingerprint density at radius 2 is 2.07 bits per heavy atom. The van der Waals surface area contributed by atoms with Crippen LogP contribution in [0.3, 0.4) is 0 Å². The third-order valence-corrected chi connectivity index (χ3v) is 2.73. The molecule has 1 aliphatic heterocycles. The monoisotopic (exact) mass is 207 g/mol. The number of hydrogen-bond acceptors (Lipinski definition) is 2. The Bertz CT molecular complexity index is 193. The van der Waals surface area contributed by atoms with Crippen LogP contribution in [-0.2, 0) is 4.74 Å². The molecule has 1 fully saturated rings. The number of halogens is 2. The van der Waals surface area contributed by atoms with Crippen LogP contribution < -0.4 is 5.32 Å². The van der Waals surface area contributed by atoms with Crippen LogP contribution in [0.4, 0.5) is 8.78 Å². The second kappa shape index (κ2) is 4.11. The molecule has 1 unspecified atom stereocenters. The second-order valence-electron chi connectivity index (χ2n) is 4.52. The summed E-state index contributed by atoms with van der Waals surface area (Å²) in [6.07, 6.45) is -1.57. The number of nitrogens with one attached hydrogen (secondary N) is 1. The zero-order valence-electron chi connectivity index (χ0n) is 9.07. The number of alkyl halides is 2. The fourth-order valence-corrected chi connectivity index (χ4v) is 2.17. The maximum atomic E-state index is 13.0. The van der Waals surface area contributed by atoms with Crippen molar-refractivity contribution in [2.75, 3.05) is 13.2 Å². The summed E-state index contributed by atoms with van der Waals surface area (Å²) in [5, 5.41) is 2.92. The molecule has 1 N–H and O–H groups in total. The summed E-state index contributed by atoms with van der Waals surface area (Å²) < 4.78 is 31.4. The molecule has 14 heavy (non-hydrogen) atoms. The maximum Gasteiger partial charge on any atom is 0.256 e. The minimum absolute atomic E-state index is 0.367. The first kappa shape index (κ1) is 11.9. The molecule has 4 heteroatoms. The minimum Gasteiger partial charge on any atom is -0.375 e. The summed E-state index contributed by atoms with van der Waals surface area (Å²) in [5.41, 5.74) is -1.49. The summed E-state index contributed by atoms with van der Waals surface area (Å²) >= 11 is 0. The molecule has 0 radical (unpaired) electrons. The average Bonchev–Trinajstić information content (AvgIpc) is 2.02. The average molecular weight is 207 g/mol. The standard InChI is InChI=1S/C10H19F2NO/c1-4-13-10(8(11)12)5-6-14-9(2,3)7-10/h8,13H,4-7H2,1-3H3. The van der Waals surface area contributed by atoms with Crippen LogP contribution >= 0.6 is 0 Å². The lowest BCUT2D eigenvalue weighted by Gasteiger charge is -2.44. The lowest BCUT2D eigenvalue weighted by molar-refractivity contribution is -0.124. The Labute approximate surface area is 84.0 Å². The molecule has 0 saturated carbocycles. The van der Waals surface area contributed by atoms with Gasteiger partial charge >= 0.3 is 0 Å². The van der Waals surface area contributed by atoms with Crippen LogP contribution in [0.15, 0.2) is 0 Å². The first-order valence-electron chi connectivity index (χ1n) is 5.09. The third-order valence-electron chi connectivity index (χ3n) is 2.73. The Balaban J connectivity index is 2.76. The summed E-state index contributed by atoms with van der Waals surface area (Å²) in [4.78, 5) is 0. The molecule has 0 spiro atoms. The highest BCUT2D eigenvalue weighted by Crippen LogP contribution is 2.36. The second-order valence-corrected chi connectivity index (χ2v) is 4.52. The topological polar surface area (TPSA) is 21.3 Å². The normalized spacial score (nSPS) is 32.1. The Morgan fingerprint density at radius 1 is 1.43 bits per heavy atom. The van der Waals surface area contributed by atoms with Gasteiger partial charge in [-0.2, -0.15) is 0 Å². The van der Waals surface area contributed by atoms with E-state index in [0.717, 1.165) is 0 Å². The summed E-state index contributed by atoms with van der Waals surface area (Å²) in [6, 6.07) is 0. The molecule has 84 valence electrons. The van der Waals surface area contributed by atoms with E-state index in [1.54, 1.807) is 0 Å². The highest BCUT2D eigenvalue weighted by molar-refractivity contribution is 4.98. The molecular formula is C10H19F2NO. The Hall–Kier alpha value is -0.220. The van der Waals surface area contributed by atoms with Gasteiger partial charge in [-0.1, -0.05) is 6.92 Å². The lowest BCUT2D eigenvalue weighted by atomic mass is 9.81. The molecule has 0 aromatic carbocycles. The molecule has 0 amide bonds. The Kier molecular flexibility index (Phi) is 3.48. The van der Waals surface area contributed by atoms with Crippen LogP contribution in [0.25, 0.3) is 0 Å². The van der Waals surface area contributed by atoms with Gasteiger partial charge in [0.1, 0.15) is 0 Å². The van der Waals surface area contributed by atoms with Gasteiger partial charge in [0.15, 0.2) is 0 Å². The van der Waals surface area contributed by atoms with E-state index < -0.39 is 17.6 Å². The lowest BCUT2D eigenvalue weighted by Crippen LogP contribution is -2.59. The fraction of sp³-hybridized carbons (Fsp3) is 1.00. The zero-order chi connectivity index (χ0) is 10.8. The van der Waals surface area contributed by atoms with E-state index in [9.17, 15) is 8.78 Å². The molecule has 0 aromatic rings. The smallest absolute Gasteiger partial charge is 0.256 e. The van der Waals surface area contributed by atoms with Crippen molar-refractivity contribution in [3.8, 4) is 0 Å². The first-order valence-corrected chi connectivity index (χ1v) is 5.09. The van der Waals surface area contributed by atoms with Gasteiger partial charge in [0, 0.05) is 6.61 Å². The van der Waals surface area contributed by atoms with Gasteiger partial charge in [-0.25, -0.2) is 8.78 Å². The third kappa shape index (κ3) is 2.42. The van der Waals surface area contributed by atoms with Crippen molar-refractivity contribution in [1.82, 2.24) is 5.32 Å². The summed E-state index contributed by atoms with van der Waals surface area (Å²) in [5.74, 6) is 0. The van der Waals surface area contributed by atoms with E-state index in [0.29, 0.717) is 26.0 Å². The van der Waals surface area contributed by atoms with Gasteiger partial charge in [-0.3, -0.25) is 0 Å². The van der Waals surface area contributed by atoms with E-state index in [2.05, 4.69) is 5.32 Å². The van der Waals surface area contributed by atoms with E-state index in [-0.39, 0.29) is 0 Å². The van der Waals surface area contributed by atoms with Crippen LogP contribution in [-0.4, -0.2) is 30.7 Å². The maximum absolute atomic E-state index is 13.0. The van der Waals surface area contributed by atoms with Crippen molar-refractivity contribution in [3.05, 3.63) is 0 Å².